The van der Waals surface area contributed by atoms with Crippen molar-refractivity contribution in [3.8, 4) is 5.75 Å². The summed E-state index contributed by atoms with van der Waals surface area (Å²) in [6.45, 7) is 12.8. The molecule has 138 valence electrons. The number of anilines is 1. The Hall–Kier alpha value is -2.36. The number of carbonyl (C=O) groups excluding carboxylic acids is 2. The number of ether oxygens (including phenoxy) is 1. The lowest BCUT2D eigenvalue weighted by molar-refractivity contribution is -0.126. The van der Waals surface area contributed by atoms with Crippen LogP contribution in [0.25, 0.3) is 0 Å². The number of carbonyl (C=O) groups is 2. The van der Waals surface area contributed by atoms with Gasteiger partial charge in [0.25, 0.3) is 0 Å². The normalized spacial score (nSPS) is 28.2. The summed E-state index contributed by atoms with van der Waals surface area (Å²) in [6.07, 6.45) is 2.80. The lowest BCUT2D eigenvalue weighted by Gasteiger charge is -2.27. The van der Waals surface area contributed by atoms with Gasteiger partial charge in [-0.3, -0.25) is 14.5 Å². The molecule has 1 saturated carbocycles. The highest BCUT2D eigenvalue weighted by Gasteiger charge is 2.60. The lowest BCUT2D eigenvalue weighted by atomic mass is 9.75. The van der Waals surface area contributed by atoms with Crippen LogP contribution in [0.3, 0.4) is 0 Å². The molecule has 1 heterocycles. The maximum absolute atomic E-state index is 13.4. The van der Waals surface area contributed by atoms with E-state index >= 15 is 0 Å². The van der Waals surface area contributed by atoms with E-state index in [1.165, 1.54) is 16.0 Å². The predicted molar refractivity (Wildman–Crippen MR) is 103 cm³/mol. The minimum absolute atomic E-state index is 0.0772. The summed E-state index contributed by atoms with van der Waals surface area (Å²) >= 11 is 0. The molecule has 0 bridgehead atoms. The van der Waals surface area contributed by atoms with E-state index in [1.807, 2.05) is 13.0 Å². The zero-order valence-corrected chi connectivity index (χ0v) is 16.0. The van der Waals surface area contributed by atoms with E-state index in [0.29, 0.717) is 18.7 Å². The average molecular weight is 353 g/mol. The van der Waals surface area contributed by atoms with Gasteiger partial charge in [0.1, 0.15) is 5.75 Å². The molecule has 1 aromatic rings. The minimum Gasteiger partial charge on any atom is -0.494 e. The third kappa shape index (κ3) is 2.68. The number of amides is 2. The summed E-state index contributed by atoms with van der Waals surface area (Å²) in [5.41, 5.74) is 2.40. The molecule has 26 heavy (non-hydrogen) atoms. The fourth-order valence-corrected chi connectivity index (χ4v) is 4.83. The molecule has 4 nitrogen and oxygen atoms in total. The number of rotatable bonds is 4. The van der Waals surface area contributed by atoms with Crippen LogP contribution in [-0.4, -0.2) is 18.4 Å². The highest BCUT2D eigenvalue weighted by atomic mass is 16.5. The molecule has 3 rings (SSSR count). The Morgan fingerprint density at radius 2 is 1.96 bits per heavy atom. The fraction of sp³-hybridized carbons (Fsp3) is 0.455. The van der Waals surface area contributed by atoms with E-state index in [4.69, 9.17) is 4.74 Å². The number of allylic oxidation sites excluding steroid dienone is 3. The first-order valence-electron chi connectivity index (χ1n) is 9.25. The summed E-state index contributed by atoms with van der Waals surface area (Å²) in [4.78, 5) is 27.6. The largest absolute Gasteiger partial charge is 0.494 e. The molecule has 4 heteroatoms. The molecule has 2 aliphatic rings. The smallest absolute Gasteiger partial charge is 0.241 e. The molecule has 3 unspecified atom stereocenters. The van der Waals surface area contributed by atoms with Gasteiger partial charge in [-0.15, -0.1) is 6.58 Å². The van der Waals surface area contributed by atoms with E-state index < -0.39 is 5.41 Å². The third-order valence-corrected chi connectivity index (χ3v) is 5.70. The van der Waals surface area contributed by atoms with Gasteiger partial charge in [0.05, 0.1) is 17.7 Å². The van der Waals surface area contributed by atoms with Crippen molar-refractivity contribution in [1.29, 1.82) is 0 Å². The SMILES string of the molecule is C=CC1C(=C(C)C)C(C)CC12CC(=O)N(c1ccc(OCC)cc1)C2=O. The van der Waals surface area contributed by atoms with Crippen molar-refractivity contribution in [2.24, 2.45) is 17.3 Å². The Bertz CT molecular complexity index is 773. The first-order valence-corrected chi connectivity index (χ1v) is 9.25. The van der Waals surface area contributed by atoms with Gasteiger partial charge in [-0.2, -0.15) is 0 Å². The number of imide groups is 1. The molecule has 2 fully saturated rings. The quantitative estimate of drug-likeness (QED) is 0.591. The van der Waals surface area contributed by atoms with Gasteiger partial charge in [0.2, 0.25) is 11.8 Å². The van der Waals surface area contributed by atoms with Gasteiger partial charge in [-0.05, 0) is 57.4 Å². The van der Waals surface area contributed by atoms with Crippen molar-refractivity contribution >= 4 is 17.5 Å². The summed E-state index contributed by atoms with van der Waals surface area (Å²) in [6, 6.07) is 7.16. The van der Waals surface area contributed by atoms with E-state index in [2.05, 4.69) is 27.4 Å². The number of hydrogen-bond donors (Lipinski definition) is 0. The Kier molecular flexibility index (Phi) is 4.78. The molecule has 1 spiro atoms. The van der Waals surface area contributed by atoms with Gasteiger partial charge in [0, 0.05) is 12.3 Å². The predicted octanol–water partition coefficient (Wildman–Crippen LogP) is 4.51. The van der Waals surface area contributed by atoms with Crippen LogP contribution in [0.1, 0.15) is 40.5 Å². The van der Waals surface area contributed by atoms with E-state index in [1.54, 1.807) is 24.3 Å². The van der Waals surface area contributed by atoms with Gasteiger partial charge in [-0.1, -0.05) is 24.1 Å². The van der Waals surface area contributed by atoms with Crippen molar-refractivity contribution < 1.29 is 14.3 Å². The van der Waals surface area contributed by atoms with E-state index in [-0.39, 0.29) is 30.1 Å². The van der Waals surface area contributed by atoms with Gasteiger partial charge in [-0.25, -0.2) is 0 Å². The second-order valence-electron chi connectivity index (χ2n) is 7.57. The number of nitrogens with zero attached hydrogens (tertiary/aromatic N) is 1. The van der Waals surface area contributed by atoms with Gasteiger partial charge in [0.15, 0.2) is 0 Å². The van der Waals surface area contributed by atoms with Crippen LogP contribution in [0.5, 0.6) is 5.75 Å². The van der Waals surface area contributed by atoms with Crippen molar-refractivity contribution in [1.82, 2.24) is 0 Å². The summed E-state index contributed by atoms with van der Waals surface area (Å²) < 4.78 is 5.45. The number of hydrogen-bond acceptors (Lipinski definition) is 3. The maximum Gasteiger partial charge on any atom is 0.241 e. The molecule has 3 atom stereocenters. The van der Waals surface area contributed by atoms with Crippen molar-refractivity contribution in [2.45, 2.75) is 40.5 Å². The molecular formula is C22H27NO3. The minimum atomic E-state index is -0.691. The highest BCUT2D eigenvalue weighted by Crippen LogP contribution is 2.57. The first kappa shape index (κ1) is 18.4. The zero-order valence-electron chi connectivity index (χ0n) is 16.0. The summed E-state index contributed by atoms with van der Waals surface area (Å²) in [7, 11) is 0. The Morgan fingerprint density at radius 3 is 2.50 bits per heavy atom. The topological polar surface area (TPSA) is 46.6 Å². The first-order chi connectivity index (χ1) is 12.4. The van der Waals surface area contributed by atoms with E-state index in [9.17, 15) is 9.59 Å². The van der Waals surface area contributed by atoms with Crippen LogP contribution in [0.2, 0.25) is 0 Å². The maximum atomic E-state index is 13.4. The van der Waals surface area contributed by atoms with Gasteiger partial charge < -0.3 is 4.74 Å². The Balaban J connectivity index is 1.99. The molecule has 0 aromatic heterocycles. The summed E-state index contributed by atoms with van der Waals surface area (Å²) in [5, 5.41) is 0. The van der Waals surface area contributed by atoms with Crippen LogP contribution in [0, 0.1) is 17.3 Å². The van der Waals surface area contributed by atoms with Crippen LogP contribution in [-0.2, 0) is 9.59 Å². The average Bonchev–Trinajstić information content (AvgIpc) is 3.01. The van der Waals surface area contributed by atoms with Crippen LogP contribution in [0.4, 0.5) is 5.69 Å². The van der Waals surface area contributed by atoms with E-state index in [0.717, 1.165) is 5.75 Å². The Labute approximate surface area is 155 Å². The summed E-state index contributed by atoms with van der Waals surface area (Å²) in [5.74, 6) is 0.704. The second-order valence-corrected chi connectivity index (χ2v) is 7.57. The zero-order chi connectivity index (χ0) is 19.1. The molecule has 1 aliphatic carbocycles. The monoisotopic (exact) mass is 353 g/mol. The lowest BCUT2D eigenvalue weighted by Crippen LogP contribution is -2.37. The molecule has 0 N–H and O–H groups in total. The van der Waals surface area contributed by atoms with Crippen molar-refractivity contribution in [2.75, 3.05) is 11.5 Å². The van der Waals surface area contributed by atoms with Crippen molar-refractivity contribution in [3.63, 3.8) is 0 Å². The van der Waals surface area contributed by atoms with Gasteiger partial charge >= 0.3 is 0 Å². The van der Waals surface area contributed by atoms with Crippen LogP contribution < -0.4 is 9.64 Å². The van der Waals surface area contributed by atoms with Crippen LogP contribution >= 0.6 is 0 Å². The molecule has 1 aromatic carbocycles. The molecular weight excluding hydrogens is 326 g/mol. The van der Waals surface area contributed by atoms with Crippen LogP contribution in [0.15, 0.2) is 48.1 Å². The molecule has 0 radical (unpaired) electrons. The third-order valence-electron chi connectivity index (χ3n) is 5.70. The fourth-order valence-electron chi connectivity index (χ4n) is 4.83. The molecule has 1 aliphatic heterocycles. The molecule has 1 saturated heterocycles. The standard InChI is InChI=1S/C22H27NO3/c1-6-18-20(14(3)4)15(5)12-22(18)13-19(24)23(21(22)25)16-8-10-17(11-9-16)26-7-2/h6,8-11,15,18H,1,7,12-13H2,2-5H3. The number of benzene rings is 1. The Morgan fingerprint density at radius 1 is 1.31 bits per heavy atom. The van der Waals surface area contributed by atoms with Crippen molar-refractivity contribution in [3.05, 3.63) is 48.1 Å². The molecule has 2 amide bonds. The second kappa shape index (κ2) is 6.75. The highest BCUT2D eigenvalue weighted by molar-refractivity contribution is 6.23.